The molecule has 1 aromatic rings. The van der Waals surface area contributed by atoms with Crippen LogP contribution in [0.2, 0.25) is 0 Å². The summed E-state index contributed by atoms with van der Waals surface area (Å²) in [5, 5.41) is 0. The van der Waals surface area contributed by atoms with E-state index in [4.69, 9.17) is 5.73 Å². The van der Waals surface area contributed by atoms with Gasteiger partial charge in [0.05, 0.1) is 0 Å². The highest BCUT2D eigenvalue weighted by molar-refractivity contribution is 5.93. The summed E-state index contributed by atoms with van der Waals surface area (Å²) in [6.45, 7) is 8.58. The highest BCUT2D eigenvalue weighted by Crippen LogP contribution is 2.34. The molecule has 106 valence electrons. The number of aromatic nitrogens is 1. The topological polar surface area (TPSA) is 62.1 Å². The van der Waals surface area contributed by atoms with Crippen LogP contribution in [0.4, 0.5) is 5.69 Å². The molecule has 4 nitrogen and oxygen atoms in total. The van der Waals surface area contributed by atoms with Crippen LogP contribution in [-0.4, -0.2) is 28.9 Å². The third kappa shape index (κ3) is 3.31. The van der Waals surface area contributed by atoms with Crippen LogP contribution in [0.3, 0.4) is 0 Å². The zero-order valence-corrected chi connectivity index (χ0v) is 12.2. The van der Waals surface area contributed by atoms with E-state index in [1.165, 1.54) is 6.42 Å². The van der Waals surface area contributed by atoms with Gasteiger partial charge < -0.3 is 15.6 Å². The Kier molecular flexibility index (Phi) is 3.88. The number of H-pyrrole nitrogens is 1. The molecule has 0 bridgehead atoms. The third-order valence-corrected chi connectivity index (χ3v) is 4.18. The summed E-state index contributed by atoms with van der Waals surface area (Å²) < 4.78 is 0. The minimum absolute atomic E-state index is 0.0752. The summed E-state index contributed by atoms with van der Waals surface area (Å²) in [5.41, 5.74) is 7.20. The molecule has 0 spiro atoms. The van der Waals surface area contributed by atoms with Gasteiger partial charge in [0.1, 0.15) is 5.69 Å². The monoisotopic (exact) mass is 263 g/mol. The summed E-state index contributed by atoms with van der Waals surface area (Å²) in [6.07, 6.45) is 5.05. The van der Waals surface area contributed by atoms with Crippen molar-refractivity contribution in [3.63, 3.8) is 0 Å². The summed E-state index contributed by atoms with van der Waals surface area (Å²) >= 11 is 0. The van der Waals surface area contributed by atoms with Gasteiger partial charge in [-0.25, -0.2) is 0 Å². The van der Waals surface area contributed by atoms with E-state index in [1.807, 2.05) is 4.90 Å². The van der Waals surface area contributed by atoms with Gasteiger partial charge in [0, 0.05) is 25.0 Å². The van der Waals surface area contributed by atoms with E-state index in [0.29, 0.717) is 22.7 Å². The van der Waals surface area contributed by atoms with Crippen molar-refractivity contribution in [2.24, 2.45) is 11.3 Å². The molecule has 19 heavy (non-hydrogen) atoms. The maximum Gasteiger partial charge on any atom is 0.270 e. The Morgan fingerprint density at radius 3 is 2.68 bits per heavy atom. The van der Waals surface area contributed by atoms with E-state index in [0.717, 1.165) is 25.9 Å². The van der Waals surface area contributed by atoms with Gasteiger partial charge in [-0.05, 0) is 36.7 Å². The zero-order chi connectivity index (χ0) is 14.0. The van der Waals surface area contributed by atoms with Crippen LogP contribution >= 0.6 is 0 Å². The second kappa shape index (κ2) is 5.27. The molecular formula is C15H25N3O. The normalized spacial score (nSPS) is 21.2. The number of nitrogens with two attached hydrogens (primary N) is 1. The maximum absolute atomic E-state index is 12.4. The fourth-order valence-electron chi connectivity index (χ4n) is 2.87. The predicted molar refractivity (Wildman–Crippen MR) is 77.9 cm³/mol. The number of anilines is 1. The lowest BCUT2D eigenvalue weighted by Gasteiger charge is -2.29. The molecule has 1 fully saturated rings. The molecule has 2 rings (SSSR count). The second-order valence-corrected chi connectivity index (χ2v) is 6.63. The van der Waals surface area contributed by atoms with Crippen LogP contribution in [0.25, 0.3) is 0 Å². The number of aromatic amines is 1. The molecule has 0 saturated carbocycles. The molecule has 2 heterocycles. The summed E-state index contributed by atoms with van der Waals surface area (Å²) in [6, 6.07) is 1.72. The molecule has 1 amide bonds. The smallest absolute Gasteiger partial charge is 0.270 e. The van der Waals surface area contributed by atoms with Gasteiger partial charge in [0.25, 0.3) is 5.91 Å². The van der Waals surface area contributed by atoms with Gasteiger partial charge in [-0.3, -0.25) is 4.79 Å². The highest BCUT2D eigenvalue weighted by atomic mass is 16.2. The summed E-state index contributed by atoms with van der Waals surface area (Å²) in [5.74, 6) is 0.769. The molecule has 1 aliphatic heterocycles. The number of hydrogen-bond acceptors (Lipinski definition) is 2. The number of likely N-dealkylation sites (tertiary alicyclic amines) is 1. The Morgan fingerprint density at radius 2 is 2.11 bits per heavy atom. The molecular weight excluding hydrogens is 238 g/mol. The first-order valence-corrected chi connectivity index (χ1v) is 7.11. The Bertz CT molecular complexity index is 444. The van der Waals surface area contributed by atoms with E-state index in [-0.39, 0.29) is 5.91 Å². The number of nitrogens with one attached hydrogen (secondary N) is 1. The first kappa shape index (κ1) is 14.0. The van der Waals surface area contributed by atoms with Crippen molar-refractivity contribution in [3.8, 4) is 0 Å². The highest BCUT2D eigenvalue weighted by Gasteiger charge is 2.28. The first-order chi connectivity index (χ1) is 8.88. The van der Waals surface area contributed by atoms with Gasteiger partial charge in [-0.15, -0.1) is 0 Å². The lowest BCUT2D eigenvalue weighted by atomic mass is 9.77. The quantitative estimate of drug-likeness (QED) is 0.818. The lowest BCUT2D eigenvalue weighted by molar-refractivity contribution is 0.0750. The molecule has 1 saturated heterocycles. The number of hydrogen-bond donors (Lipinski definition) is 2. The zero-order valence-electron chi connectivity index (χ0n) is 12.2. The van der Waals surface area contributed by atoms with Crippen molar-refractivity contribution in [1.82, 2.24) is 9.88 Å². The maximum atomic E-state index is 12.4. The Hall–Kier alpha value is -1.45. The molecule has 0 radical (unpaired) electrons. The van der Waals surface area contributed by atoms with Crippen molar-refractivity contribution in [3.05, 3.63) is 18.0 Å². The molecule has 4 heteroatoms. The minimum atomic E-state index is 0.0752. The fourth-order valence-corrected chi connectivity index (χ4v) is 2.87. The number of carbonyl (C=O) groups excluding carboxylic acids is 1. The van der Waals surface area contributed by atoms with Gasteiger partial charge in [-0.1, -0.05) is 20.8 Å². The Morgan fingerprint density at radius 1 is 1.37 bits per heavy atom. The van der Waals surface area contributed by atoms with Crippen LogP contribution in [0, 0.1) is 11.3 Å². The van der Waals surface area contributed by atoms with Crippen LogP contribution in [0.15, 0.2) is 12.3 Å². The van der Waals surface area contributed by atoms with Gasteiger partial charge in [0.2, 0.25) is 0 Å². The molecule has 3 N–H and O–H groups in total. The third-order valence-electron chi connectivity index (χ3n) is 4.18. The van der Waals surface area contributed by atoms with Crippen molar-refractivity contribution in [1.29, 1.82) is 0 Å². The van der Waals surface area contributed by atoms with Crippen LogP contribution in [-0.2, 0) is 0 Å². The summed E-state index contributed by atoms with van der Waals surface area (Å²) in [7, 11) is 0. The average molecular weight is 263 g/mol. The number of amides is 1. The number of nitrogens with zero attached hydrogens (tertiary/aromatic N) is 1. The standard InChI is InChI=1S/C15H25N3O/c1-15(2,3)11-5-4-7-18(8-6-11)14(19)13-9-12(16)10-17-13/h9-11,17H,4-8,16H2,1-3H3. The van der Waals surface area contributed by atoms with Crippen LogP contribution < -0.4 is 5.73 Å². The van der Waals surface area contributed by atoms with Crippen molar-refractivity contribution in [2.45, 2.75) is 40.0 Å². The first-order valence-electron chi connectivity index (χ1n) is 7.11. The van der Waals surface area contributed by atoms with E-state index in [9.17, 15) is 4.79 Å². The van der Waals surface area contributed by atoms with E-state index < -0.39 is 0 Å². The minimum Gasteiger partial charge on any atom is -0.397 e. The van der Waals surface area contributed by atoms with Crippen molar-refractivity contribution >= 4 is 11.6 Å². The average Bonchev–Trinajstić information content (AvgIpc) is 2.62. The molecule has 0 aromatic carbocycles. The molecule has 1 atom stereocenters. The van der Waals surface area contributed by atoms with E-state index in [1.54, 1.807) is 12.3 Å². The summed E-state index contributed by atoms with van der Waals surface area (Å²) in [4.78, 5) is 17.3. The molecule has 1 aliphatic rings. The Balaban J connectivity index is 2.01. The van der Waals surface area contributed by atoms with Crippen LogP contribution in [0.5, 0.6) is 0 Å². The molecule has 1 aromatic heterocycles. The Labute approximate surface area is 115 Å². The van der Waals surface area contributed by atoms with Gasteiger partial charge >= 0.3 is 0 Å². The van der Waals surface area contributed by atoms with Crippen molar-refractivity contribution < 1.29 is 4.79 Å². The van der Waals surface area contributed by atoms with E-state index in [2.05, 4.69) is 25.8 Å². The second-order valence-electron chi connectivity index (χ2n) is 6.63. The fraction of sp³-hybridized carbons (Fsp3) is 0.667. The predicted octanol–water partition coefficient (Wildman–Crippen LogP) is 2.89. The lowest BCUT2D eigenvalue weighted by Crippen LogP contribution is -2.32. The number of rotatable bonds is 1. The molecule has 0 aliphatic carbocycles. The van der Waals surface area contributed by atoms with Gasteiger partial charge in [0.15, 0.2) is 0 Å². The van der Waals surface area contributed by atoms with Crippen molar-refractivity contribution in [2.75, 3.05) is 18.8 Å². The number of carbonyl (C=O) groups is 1. The largest absolute Gasteiger partial charge is 0.397 e. The SMILES string of the molecule is CC(C)(C)C1CCCN(C(=O)c2cc(N)c[nH]2)CC1. The van der Waals surface area contributed by atoms with E-state index >= 15 is 0 Å². The van der Waals surface area contributed by atoms with Crippen LogP contribution in [0.1, 0.15) is 50.5 Å². The number of nitrogen functional groups attached to an aromatic ring is 1. The molecule has 1 unspecified atom stereocenters. The van der Waals surface area contributed by atoms with Gasteiger partial charge in [-0.2, -0.15) is 0 Å².